The second kappa shape index (κ2) is 10.1. The molecule has 0 aliphatic heterocycles. The van der Waals surface area contributed by atoms with Crippen LogP contribution in [0.15, 0.2) is 55.1 Å². The Hall–Kier alpha value is -2.95. The normalized spacial score (nSPS) is 10.2. The number of carboxylic acids is 1. The van der Waals surface area contributed by atoms with Gasteiger partial charge in [0.25, 0.3) is 0 Å². The van der Waals surface area contributed by atoms with E-state index in [-0.39, 0.29) is 6.42 Å². The summed E-state index contributed by atoms with van der Waals surface area (Å²) in [5.74, 6) is 1.11. The predicted octanol–water partition coefficient (Wildman–Crippen LogP) is 3.90. The largest absolute Gasteiger partial charge is 0.493 e. The number of hydrogen-bond donors (Lipinski definition) is 1. The summed E-state index contributed by atoms with van der Waals surface area (Å²) in [6.45, 7) is 4.44. The molecule has 2 rings (SSSR count). The molecule has 0 bridgehead atoms. The van der Waals surface area contributed by atoms with Crippen LogP contribution in [-0.2, 0) is 17.6 Å². The van der Waals surface area contributed by atoms with Gasteiger partial charge in [-0.25, -0.2) is 0 Å². The lowest BCUT2D eigenvalue weighted by atomic mass is 10.1. The topological polar surface area (TPSA) is 65.0 Å². The van der Waals surface area contributed by atoms with Crippen molar-refractivity contribution in [3.8, 4) is 17.2 Å². The highest BCUT2D eigenvalue weighted by Crippen LogP contribution is 2.32. The van der Waals surface area contributed by atoms with Crippen molar-refractivity contribution in [2.45, 2.75) is 19.3 Å². The van der Waals surface area contributed by atoms with Gasteiger partial charge < -0.3 is 19.3 Å². The monoisotopic (exact) mass is 356 g/mol. The minimum Gasteiger partial charge on any atom is -0.493 e. The van der Waals surface area contributed by atoms with Crippen LogP contribution in [0, 0.1) is 0 Å². The minimum atomic E-state index is -0.846. The molecule has 0 radical (unpaired) electrons. The summed E-state index contributed by atoms with van der Waals surface area (Å²) in [4.78, 5) is 10.8. The van der Waals surface area contributed by atoms with Crippen LogP contribution in [0.25, 0.3) is 0 Å². The fourth-order valence-corrected chi connectivity index (χ4v) is 2.59. The Labute approximate surface area is 153 Å². The molecule has 2 aromatic rings. The standard InChI is InChI=1S/C21H24O5/c1-3-7-16-8-4-5-10-18(16)25-14-15-26-21-17(12-13-20(22)23)9-6-11-19(21)24-2/h3-6,8-11H,1,7,12-15H2,2H3,(H,22,23). The van der Waals surface area contributed by atoms with Crippen molar-refractivity contribution in [2.24, 2.45) is 0 Å². The molecule has 26 heavy (non-hydrogen) atoms. The van der Waals surface area contributed by atoms with Crippen LogP contribution < -0.4 is 14.2 Å². The second-order valence-corrected chi connectivity index (χ2v) is 5.64. The van der Waals surface area contributed by atoms with Crippen LogP contribution in [0.2, 0.25) is 0 Å². The number of carbonyl (C=O) groups is 1. The molecular formula is C21H24O5. The summed E-state index contributed by atoms with van der Waals surface area (Å²) < 4.78 is 17.0. The third-order valence-electron chi connectivity index (χ3n) is 3.81. The predicted molar refractivity (Wildman–Crippen MR) is 100 cm³/mol. The highest BCUT2D eigenvalue weighted by molar-refractivity contribution is 5.67. The van der Waals surface area contributed by atoms with Crippen LogP contribution in [0.3, 0.4) is 0 Å². The van der Waals surface area contributed by atoms with Crippen molar-refractivity contribution in [3.05, 3.63) is 66.2 Å². The molecule has 0 aliphatic rings. The van der Waals surface area contributed by atoms with Crippen LogP contribution in [-0.4, -0.2) is 31.4 Å². The zero-order chi connectivity index (χ0) is 18.8. The molecule has 5 heteroatoms. The average molecular weight is 356 g/mol. The molecule has 0 fully saturated rings. The smallest absolute Gasteiger partial charge is 0.303 e. The summed E-state index contributed by atoms with van der Waals surface area (Å²) in [5.41, 5.74) is 1.88. The van der Waals surface area contributed by atoms with Crippen molar-refractivity contribution in [1.29, 1.82) is 0 Å². The van der Waals surface area contributed by atoms with Crippen LogP contribution in [0.1, 0.15) is 17.5 Å². The first-order valence-corrected chi connectivity index (χ1v) is 8.47. The van der Waals surface area contributed by atoms with Gasteiger partial charge in [0.1, 0.15) is 19.0 Å². The van der Waals surface area contributed by atoms with Crippen molar-refractivity contribution in [3.63, 3.8) is 0 Å². The van der Waals surface area contributed by atoms with Crippen LogP contribution >= 0.6 is 0 Å². The Balaban J connectivity index is 1.98. The molecule has 138 valence electrons. The van der Waals surface area contributed by atoms with Crippen LogP contribution in [0.4, 0.5) is 0 Å². The SMILES string of the molecule is C=CCc1ccccc1OCCOc1c(CCC(=O)O)cccc1OC. The molecular weight excluding hydrogens is 332 g/mol. The van der Waals surface area contributed by atoms with E-state index in [9.17, 15) is 4.79 Å². The summed E-state index contributed by atoms with van der Waals surface area (Å²) in [6.07, 6.45) is 2.99. The number of allylic oxidation sites excluding steroid dienone is 1. The van der Waals surface area contributed by atoms with Gasteiger partial charge in [-0.3, -0.25) is 4.79 Å². The molecule has 0 amide bonds. The fraction of sp³-hybridized carbons (Fsp3) is 0.286. The van der Waals surface area contributed by atoms with E-state index >= 15 is 0 Å². The van der Waals surface area contributed by atoms with E-state index < -0.39 is 5.97 Å². The number of para-hydroxylation sites is 2. The minimum absolute atomic E-state index is 0.0367. The first kappa shape index (κ1) is 19.4. The number of methoxy groups -OCH3 is 1. The average Bonchev–Trinajstić information content (AvgIpc) is 2.65. The number of benzene rings is 2. The van der Waals surface area contributed by atoms with Gasteiger partial charge in [0.05, 0.1) is 7.11 Å². The van der Waals surface area contributed by atoms with Crippen molar-refractivity contribution in [1.82, 2.24) is 0 Å². The molecule has 5 nitrogen and oxygen atoms in total. The lowest BCUT2D eigenvalue weighted by Crippen LogP contribution is -2.12. The molecule has 0 spiro atoms. The van der Waals surface area contributed by atoms with E-state index in [1.54, 1.807) is 13.2 Å². The molecule has 0 saturated carbocycles. The number of rotatable bonds is 11. The molecule has 0 saturated heterocycles. The zero-order valence-corrected chi connectivity index (χ0v) is 14.9. The first-order chi connectivity index (χ1) is 12.7. The third kappa shape index (κ3) is 5.55. The highest BCUT2D eigenvalue weighted by Gasteiger charge is 2.12. The number of ether oxygens (including phenoxy) is 3. The maximum atomic E-state index is 10.8. The van der Waals surface area contributed by atoms with Gasteiger partial charge in [0.15, 0.2) is 11.5 Å². The molecule has 0 aromatic heterocycles. The Morgan fingerprint density at radius 2 is 1.73 bits per heavy atom. The molecule has 0 heterocycles. The fourth-order valence-electron chi connectivity index (χ4n) is 2.59. The van der Waals surface area contributed by atoms with Gasteiger partial charge >= 0.3 is 5.97 Å². The van der Waals surface area contributed by atoms with Crippen molar-refractivity contribution < 1.29 is 24.1 Å². The van der Waals surface area contributed by atoms with Gasteiger partial charge in [-0.2, -0.15) is 0 Å². The highest BCUT2D eigenvalue weighted by atomic mass is 16.5. The quantitative estimate of drug-likeness (QED) is 0.489. The van der Waals surface area contributed by atoms with Gasteiger partial charge in [0, 0.05) is 6.42 Å². The van der Waals surface area contributed by atoms with Crippen molar-refractivity contribution >= 4 is 5.97 Å². The molecule has 0 atom stereocenters. The Morgan fingerprint density at radius 1 is 1.04 bits per heavy atom. The van der Waals surface area contributed by atoms with E-state index in [1.807, 2.05) is 42.5 Å². The maximum Gasteiger partial charge on any atom is 0.303 e. The second-order valence-electron chi connectivity index (χ2n) is 5.64. The lowest BCUT2D eigenvalue weighted by molar-refractivity contribution is -0.136. The summed E-state index contributed by atoms with van der Waals surface area (Å²) >= 11 is 0. The zero-order valence-electron chi connectivity index (χ0n) is 14.9. The maximum absolute atomic E-state index is 10.8. The van der Waals surface area contributed by atoms with Gasteiger partial charge in [-0.05, 0) is 36.1 Å². The Bertz CT molecular complexity index is 739. The molecule has 0 aliphatic carbocycles. The summed E-state index contributed by atoms with van der Waals surface area (Å²) in [5, 5.41) is 8.90. The van der Waals surface area contributed by atoms with E-state index in [0.717, 1.165) is 23.3 Å². The number of hydrogen-bond acceptors (Lipinski definition) is 4. The molecule has 1 N–H and O–H groups in total. The first-order valence-electron chi connectivity index (χ1n) is 8.47. The Morgan fingerprint density at radius 3 is 2.46 bits per heavy atom. The van der Waals surface area contributed by atoms with E-state index in [0.29, 0.717) is 31.1 Å². The van der Waals surface area contributed by atoms with Crippen LogP contribution in [0.5, 0.6) is 17.2 Å². The number of aliphatic carboxylic acids is 1. The number of carboxylic acid groups (broad SMARTS) is 1. The summed E-state index contributed by atoms with van der Waals surface area (Å²) in [7, 11) is 1.56. The van der Waals surface area contributed by atoms with Gasteiger partial charge in [0.2, 0.25) is 0 Å². The molecule has 0 unspecified atom stereocenters. The summed E-state index contributed by atoms with van der Waals surface area (Å²) in [6, 6.07) is 13.3. The molecule has 2 aromatic carbocycles. The third-order valence-corrected chi connectivity index (χ3v) is 3.81. The van der Waals surface area contributed by atoms with Gasteiger partial charge in [-0.1, -0.05) is 36.4 Å². The van der Waals surface area contributed by atoms with E-state index in [1.165, 1.54) is 0 Å². The lowest BCUT2D eigenvalue weighted by Gasteiger charge is -2.16. The van der Waals surface area contributed by atoms with Gasteiger partial charge in [-0.15, -0.1) is 6.58 Å². The Kier molecular flexibility index (Phi) is 7.55. The van der Waals surface area contributed by atoms with E-state index in [4.69, 9.17) is 19.3 Å². The van der Waals surface area contributed by atoms with E-state index in [2.05, 4.69) is 6.58 Å². The van der Waals surface area contributed by atoms with Crippen molar-refractivity contribution in [2.75, 3.05) is 20.3 Å². The number of aryl methyl sites for hydroxylation is 1.